The van der Waals surface area contributed by atoms with Crippen molar-refractivity contribution in [2.24, 2.45) is 0 Å². The van der Waals surface area contributed by atoms with Crippen LogP contribution in [0.2, 0.25) is 10.0 Å². The van der Waals surface area contributed by atoms with Crippen LogP contribution in [0.25, 0.3) is 6.08 Å². The second kappa shape index (κ2) is 9.00. The second-order valence-corrected chi connectivity index (χ2v) is 9.14. The first-order chi connectivity index (χ1) is 12.9. The number of ether oxygens (including phenoxy) is 2. The van der Waals surface area contributed by atoms with Crippen LogP contribution >= 0.6 is 69.8 Å². The molecule has 0 bridgehead atoms. The van der Waals surface area contributed by atoms with Gasteiger partial charge in [-0.2, -0.15) is 0 Å². The highest BCUT2D eigenvalue weighted by Crippen LogP contribution is 2.36. The van der Waals surface area contributed by atoms with Crippen LogP contribution in [-0.2, 0) is 11.4 Å². The minimum absolute atomic E-state index is 0.198. The summed E-state index contributed by atoms with van der Waals surface area (Å²) < 4.78 is 12.7. The minimum atomic E-state index is -0.198. The fraction of sp³-hybridized carbons (Fsp3) is 0.111. The van der Waals surface area contributed by atoms with Crippen LogP contribution in [0.3, 0.4) is 0 Å². The van der Waals surface area contributed by atoms with Crippen molar-refractivity contribution >= 4 is 86.1 Å². The number of thiocarbonyl (C=S) groups is 1. The van der Waals surface area contributed by atoms with Crippen LogP contribution in [0, 0.1) is 3.57 Å². The number of halogens is 3. The van der Waals surface area contributed by atoms with Gasteiger partial charge in [0.1, 0.15) is 10.9 Å². The van der Waals surface area contributed by atoms with Gasteiger partial charge in [-0.3, -0.25) is 4.79 Å². The molecule has 1 N–H and O–H groups in total. The average molecular weight is 552 g/mol. The number of rotatable bonds is 5. The zero-order valence-corrected chi connectivity index (χ0v) is 19.1. The highest BCUT2D eigenvalue weighted by molar-refractivity contribution is 14.1. The molecule has 1 heterocycles. The molecule has 0 spiro atoms. The molecule has 1 aliphatic rings. The number of hydrogen-bond donors (Lipinski definition) is 1. The Morgan fingerprint density at radius 1 is 1.30 bits per heavy atom. The molecule has 0 aliphatic carbocycles. The van der Waals surface area contributed by atoms with E-state index in [1.165, 1.54) is 11.8 Å². The lowest BCUT2D eigenvalue weighted by Gasteiger charge is -2.14. The van der Waals surface area contributed by atoms with Crippen molar-refractivity contribution in [2.45, 2.75) is 6.61 Å². The lowest BCUT2D eigenvalue weighted by molar-refractivity contribution is -0.115. The molecule has 3 rings (SSSR count). The Labute approximate surface area is 189 Å². The topological polar surface area (TPSA) is 47.6 Å². The van der Waals surface area contributed by atoms with E-state index in [4.69, 9.17) is 44.9 Å². The molecule has 1 amide bonds. The predicted octanol–water partition coefficient (Wildman–Crippen LogP) is 5.67. The molecule has 0 saturated carbocycles. The number of amides is 1. The van der Waals surface area contributed by atoms with E-state index in [9.17, 15) is 4.79 Å². The van der Waals surface area contributed by atoms with Crippen molar-refractivity contribution < 1.29 is 14.3 Å². The quantitative estimate of drug-likeness (QED) is 0.294. The zero-order valence-electron chi connectivity index (χ0n) is 13.8. The van der Waals surface area contributed by atoms with Crippen LogP contribution in [0.15, 0.2) is 35.2 Å². The largest absolute Gasteiger partial charge is 0.493 e. The van der Waals surface area contributed by atoms with Gasteiger partial charge in [-0.15, -0.1) is 0 Å². The summed E-state index contributed by atoms with van der Waals surface area (Å²) in [6.45, 7) is 0.273. The number of methoxy groups -OCH3 is 1. The molecular formula is C18H12Cl2INO3S2. The molecule has 27 heavy (non-hydrogen) atoms. The molecule has 9 heteroatoms. The van der Waals surface area contributed by atoms with Crippen molar-refractivity contribution in [3.05, 3.63) is 60.0 Å². The smallest absolute Gasteiger partial charge is 0.263 e. The Hall–Kier alpha value is -1.00. The maximum absolute atomic E-state index is 11.8. The lowest BCUT2D eigenvalue weighted by atomic mass is 10.2. The Bertz CT molecular complexity index is 966. The van der Waals surface area contributed by atoms with E-state index in [1.54, 1.807) is 25.3 Å². The van der Waals surface area contributed by atoms with Gasteiger partial charge in [-0.05, 0) is 58.5 Å². The number of benzene rings is 2. The van der Waals surface area contributed by atoms with Crippen molar-refractivity contribution in [2.75, 3.05) is 7.11 Å². The van der Waals surface area contributed by atoms with Gasteiger partial charge in [-0.1, -0.05) is 53.2 Å². The normalized spacial score (nSPS) is 15.2. The summed E-state index contributed by atoms with van der Waals surface area (Å²) >= 11 is 20.5. The minimum Gasteiger partial charge on any atom is -0.493 e. The van der Waals surface area contributed by atoms with E-state index < -0.39 is 0 Å². The molecule has 4 nitrogen and oxygen atoms in total. The van der Waals surface area contributed by atoms with Crippen LogP contribution in [-0.4, -0.2) is 17.3 Å². The maximum Gasteiger partial charge on any atom is 0.263 e. The maximum atomic E-state index is 11.8. The lowest BCUT2D eigenvalue weighted by Crippen LogP contribution is -2.17. The highest BCUT2D eigenvalue weighted by Gasteiger charge is 2.22. The first-order valence-electron chi connectivity index (χ1n) is 7.56. The summed E-state index contributed by atoms with van der Waals surface area (Å²) in [5.74, 6) is 0.965. The average Bonchev–Trinajstić information content (AvgIpc) is 2.92. The monoisotopic (exact) mass is 551 g/mol. The molecule has 0 unspecified atom stereocenters. The van der Waals surface area contributed by atoms with Gasteiger partial charge < -0.3 is 14.8 Å². The molecule has 0 atom stereocenters. The number of thioether (sulfide) groups is 1. The summed E-state index contributed by atoms with van der Waals surface area (Å²) in [7, 11) is 1.57. The molecule has 2 aromatic carbocycles. The van der Waals surface area contributed by atoms with Gasteiger partial charge in [0, 0.05) is 15.6 Å². The van der Waals surface area contributed by atoms with Crippen molar-refractivity contribution in [1.29, 1.82) is 0 Å². The molecule has 1 saturated heterocycles. The van der Waals surface area contributed by atoms with Crippen LogP contribution in [0.5, 0.6) is 11.5 Å². The van der Waals surface area contributed by atoms with E-state index in [0.717, 1.165) is 14.7 Å². The van der Waals surface area contributed by atoms with Crippen molar-refractivity contribution in [3.8, 4) is 11.5 Å². The summed E-state index contributed by atoms with van der Waals surface area (Å²) in [5.41, 5.74) is 1.63. The fourth-order valence-corrected chi connectivity index (χ4v) is 4.61. The van der Waals surface area contributed by atoms with Gasteiger partial charge >= 0.3 is 0 Å². The number of nitrogens with one attached hydrogen (secondary N) is 1. The van der Waals surface area contributed by atoms with Crippen LogP contribution in [0.1, 0.15) is 11.1 Å². The van der Waals surface area contributed by atoms with E-state index >= 15 is 0 Å². The van der Waals surface area contributed by atoms with E-state index in [1.807, 2.05) is 18.2 Å². The zero-order chi connectivity index (χ0) is 19.6. The molecular weight excluding hydrogens is 540 g/mol. The molecule has 1 fully saturated rings. The molecule has 0 radical (unpaired) electrons. The van der Waals surface area contributed by atoms with Gasteiger partial charge in [0.25, 0.3) is 5.91 Å². The van der Waals surface area contributed by atoms with Gasteiger partial charge in [0.2, 0.25) is 0 Å². The summed E-state index contributed by atoms with van der Waals surface area (Å²) in [6, 6.07) is 8.97. The van der Waals surface area contributed by atoms with Crippen LogP contribution in [0.4, 0.5) is 0 Å². The van der Waals surface area contributed by atoms with E-state index in [-0.39, 0.29) is 12.5 Å². The highest BCUT2D eigenvalue weighted by atomic mass is 127. The molecule has 0 aromatic heterocycles. The third-order valence-corrected chi connectivity index (χ3v) is 6.13. The Kier molecular flexibility index (Phi) is 6.91. The fourth-order valence-electron chi connectivity index (χ4n) is 2.32. The van der Waals surface area contributed by atoms with Crippen molar-refractivity contribution in [3.63, 3.8) is 0 Å². The third-order valence-electron chi connectivity index (χ3n) is 3.58. The van der Waals surface area contributed by atoms with E-state index in [2.05, 4.69) is 27.9 Å². The van der Waals surface area contributed by atoms with Crippen LogP contribution < -0.4 is 14.8 Å². The Morgan fingerprint density at radius 3 is 2.70 bits per heavy atom. The number of carbonyl (C=O) groups excluding carboxylic acids is 1. The van der Waals surface area contributed by atoms with E-state index in [0.29, 0.717) is 30.8 Å². The SMILES string of the molecule is COc1cc(C=C2SC(=S)NC2=O)cc(I)c1OCc1ccc(Cl)cc1Cl. The van der Waals surface area contributed by atoms with Gasteiger partial charge in [0.05, 0.1) is 15.6 Å². The molecule has 2 aromatic rings. The number of carbonyl (C=O) groups is 1. The molecule has 140 valence electrons. The number of hydrogen-bond acceptors (Lipinski definition) is 5. The first kappa shape index (κ1) is 20.7. The first-order valence-corrected chi connectivity index (χ1v) is 10.6. The molecule has 1 aliphatic heterocycles. The second-order valence-electron chi connectivity index (χ2n) is 5.41. The predicted molar refractivity (Wildman–Crippen MR) is 123 cm³/mol. The third kappa shape index (κ3) is 5.08. The summed E-state index contributed by atoms with van der Waals surface area (Å²) in [5, 5.41) is 3.71. The summed E-state index contributed by atoms with van der Waals surface area (Å²) in [6.07, 6.45) is 1.77. The van der Waals surface area contributed by atoms with Gasteiger partial charge in [0.15, 0.2) is 11.5 Å². The van der Waals surface area contributed by atoms with Gasteiger partial charge in [-0.25, -0.2) is 0 Å². The van der Waals surface area contributed by atoms with Crippen molar-refractivity contribution in [1.82, 2.24) is 5.32 Å². The Morgan fingerprint density at radius 2 is 2.07 bits per heavy atom. The Balaban J connectivity index is 1.85. The summed E-state index contributed by atoms with van der Waals surface area (Å²) in [4.78, 5) is 12.4. The standard InChI is InChI=1S/C18H12Cl2INO3S2/c1-24-14-5-9(6-15-17(23)22-18(26)27-15)4-13(21)16(14)25-8-10-2-3-11(19)7-12(10)20/h2-7H,8H2,1H3,(H,22,23,26).